The minimum absolute atomic E-state index is 0.542. The Kier molecular flexibility index (Phi) is 4.51. The van der Waals surface area contributed by atoms with E-state index in [1.807, 2.05) is 30.3 Å². The standard InChI is InChI=1S/C26H20ClN3O2/c1-16-3-2-4-17(11-16)14-30-15-21-25(18-5-7-19(27)8-6-18)28-29-26(21)20-12-23-24(13-22(20)30)32-10-9-31-23/h2-8,11-13,15H,9-10,14H2,1H3. The van der Waals surface area contributed by atoms with Gasteiger partial charge in [-0.2, -0.15) is 0 Å². The molecule has 0 bridgehead atoms. The van der Waals surface area contributed by atoms with E-state index in [2.05, 4.69) is 58.2 Å². The summed E-state index contributed by atoms with van der Waals surface area (Å²) in [7, 11) is 0. The summed E-state index contributed by atoms with van der Waals surface area (Å²) in [6.07, 6.45) is 2.14. The minimum atomic E-state index is 0.542. The lowest BCUT2D eigenvalue weighted by atomic mass is 10.0. The van der Waals surface area contributed by atoms with E-state index in [0.29, 0.717) is 18.2 Å². The third-order valence-electron chi connectivity index (χ3n) is 5.82. The molecule has 0 aliphatic carbocycles. The summed E-state index contributed by atoms with van der Waals surface area (Å²) in [6.45, 7) is 3.93. The van der Waals surface area contributed by atoms with Crippen molar-refractivity contribution in [2.45, 2.75) is 13.5 Å². The average Bonchev–Trinajstić information content (AvgIpc) is 3.23. The molecule has 158 valence electrons. The molecular formula is C26H20ClN3O2. The lowest BCUT2D eigenvalue weighted by Gasteiger charge is -2.21. The molecule has 5 nitrogen and oxygen atoms in total. The number of pyridine rings is 1. The quantitative estimate of drug-likeness (QED) is 0.345. The van der Waals surface area contributed by atoms with E-state index in [9.17, 15) is 0 Å². The fourth-order valence-electron chi connectivity index (χ4n) is 4.33. The van der Waals surface area contributed by atoms with Crippen LogP contribution < -0.4 is 9.47 Å². The molecule has 0 saturated carbocycles. The fourth-order valence-corrected chi connectivity index (χ4v) is 4.46. The maximum atomic E-state index is 6.10. The van der Waals surface area contributed by atoms with Crippen LogP contribution in [-0.4, -0.2) is 28.0 Å². The van der Waals surface area contributed by atoms with Crippen molar-refractivity contribution in [1.82, 2.24) is 14.8 Å². The van der Waals surface area contributed by atoms with Gasteiger partial charge in [0.15, 0.2) is 11.5 Å². The van der Waals surface area contributed by atoms with E-state index >= 15 is 0 Å². The van der Waals surface area contributed by atoms with Gasteiger partial charge in [0, 0.05) is 40.3 Å². The molecule has 0 atom stereocenters. The molecule has 3 aromatic rings. The highest BCUT2D eigenvalue weighted by molar-refractivity contribution is 6.30. The van der Waals surface area contributed by atoms with Gasteiger partial charge in [0.1, 0.15) is 24.6 Å². The van der Waals surface area contributed by atoms with Gasteiger partial charge in [-0.3, -0.25) is 0 Å². The van der Waals surface area contributed by atoms with Crippen molar-refractivity contribution < 1.29 is 9.47 Å². The molecule has 3 aliphatic heterocycles. The number of fused-ring (bicyclic) bond motifs is 4. The zero-order valence-corrected chi connectivity index (χ0v) is 18.3. The summed E-state index contributed by atoms with van der Waals surface area (Å²) >= 11 is 6.10. The van der Waals surface area contributed by atoms with Gasteiger partial charge in [0.2, 0.25) is 0 Å². The lowest BCUT2D eigenvalue weighted by Crippen LogP contribution is -2.15. The number of hydrogen-bond acceptors (Lipinski definition) is 4. The van der Waals surface area contributed by atoms with Crippen molar-refractivity contribution in [3.63, 3.8) is 0 Å². The molecule has 0 amide bonds. The number of aromatic nitrogens is 3. The van der Waals surface area contributed by atoms with Crippen molar-refractivity contribution in [2.75, 3.05) is 13.2 Å². The highest BCUT2D eigenvalue weighted by Gasteiger charge is 2.23. The maximum absolute atomic E-state index is 6.10. The van der Waals surface area contributed by atoms with E-state index in [0.717, 1.165) is 51.5 Å². The van der Waals surface area contributed by atoms with Crippen molar-refractivity contribution in [3.05, 3.63) is 83.0 Å². The third kappa shape index (κ3) is 3.26. The first-order valence-corrected chi connectivity index (χ1v) is 10.9. The van der Waals surface area contributed by atoms with Crippen LogP contribution in [0.25, 0.3) is 33.4 Å². The van der Waals surface area contributed by atoms with E-state index < -0.39 is 0 Å². The van der Waals surface area contributed by atoms with Crippen LogP contribution in [0.2, 0.25) is 5.02 Å². The largest absolute Gasteiger partial charge is 0.486 e. The Hall–Kier alpha value is -3.57. The van der Waals surface area contributed by atoms with Gasteiger partial charge in [0.05, 0.1) is 5.52 Å². The second-order valence-electron chi connectivity index (χ2n) is 8.08. The molecule has 0 fully saturated rings. The molecule has 0 unspecified atom stereocenters. The number of nitrogens with zero attached hydrogens (tertiary/aromatic N) is 3. The molecule has 3 aromatic carbocycles. The van der Waals surface area contributed by atoms with Gasteiger partial charge in [-0.15, -0.1) is 10.2 Å². The molecule has 6 rings (SSSR count). The number of aryl methyl sites for hydroxylation is 1. The van der Waals surface area contributed by atoms with Gasteiger partial charge in [-0.1, -0.05) is 53.6 Å². The molecule has 6 heteroatoms. The summed E-state index contributed by atoms with van der Waals surface area (Å²) < 4.78 is 14.0. The molecule has 32 heavy (non-hydrogen) atoms. The first kappa shape index (κ1) is 19.1. The van der Waals surface area contributed by atoms with Crippen LogP contribution in [0, 0.1) is 6.92 Å². The van der Waals surface area contributed by atoms with Crippen molar-refractivity contribution in [3.8, 4) is 34.0 Å². The van der Waals surface area contributed by atoms with Gasteiger partial charge in [-0.25, -0.2) is 0 Å². The minimum Gasteiger partial charge on any atom is -0.486 e. The summed E-state index contributed by atoms with van der Waals surface area (Å²) in [4.78, 5) is 0. The maximum Gasteiger partial charge on any atom is 0.163 e. The Morgan fingerprint density at radius 1 is 0.906 bits per heavy atom. The van der Waals surface area contributed by atoms with Crippen molar-refractivity contribution in [2.24, 2.45) is 0 Å². The number of ether oxygens (including phenoxy) is 2. The van der Waals surface area contributed by atoms with Gasteiger partial charge < -0.3 is 14.0 Å². The van der Waals surface area contributed by atoms with E-state index in [1.54, 1.807) is 0 Å². The zero-order valence-electron chi connectivity index (χ0n) is 17.5. The van der Waals surface area contributed by atoms with Gasteiger partial charge in [0.25, 0.3) is 0 Å². The first-order chi connectivity index (χ1) is 15.7. The van der Waals surface area contributed by atoms with Gasteiger partial charge >= 0.3 is 0 Å². The summed E-state index contributed by atoms with van der Waals surface area (Å²) in [5.74, 6) is 1.51. The Morgan fingerprint density at radius 2 is 1.66 bits per heavy atom. The van der Waals surface area contributed by atoms with Crippen LogP contribution in [-0.2, 0) is 6.54 Å². The Bertz CT molecular complexity index is 1430. The molecular weight excluding hydrogens is 422 g/mol. The normalized spacial score (nSPS) is 13.1. The summed E-state index contributed by atoms with van der Waals surface area (Å²) in [5, 5.41) is 10.8. The first-order valence-electron chi connectivity index (χ1n) is 10.6. The number of rotatable bonds is 3. The molecule has 3 aliphatic rings. The predicted octanol–water partition coefficient (Wildman–Crippen LogP) is 5.98. The molecule has 0 radical (unpaired) electrons. The Balaban J connectivity index is 1.60. The van der Waals surface area contributed by atoms with Crippen LogP contribution >= 0.6 is 11.6 Å². The lowest BCUT2D eigenvalue weighted by molar-refractivity contribution is 0.172. The van der Waals surface area contributed by atoms with Crippen LogP contribution in [0.5, 0.6) is 11.5 Å². The van der Waals surface area contributed by atoms with E-state index in [4.69, 9.17) is 21.1 Å². The molecule has 0 spiro atoms. The van der Waals surface area contributed by atoms with Crippen LogP contribution in [0.3, 0.4) is 0 Å². The molecule has 0 aromatic heterocycles. The predicted molar refractivity (Wildman–Crippen MR) is 126 cm³/mol. The number of halogens is 1. The SMILES string of the molecule is Cc1cccc(Cn2cc3c(-c4ccc(Cl)cc4)nnc-3c3cc4c(cc32)OCCO4)c1. The van der Waals surface area contributed by atoms with Crippen molar-refractivity contribution >= 4 is 22.5 Å². The fraction of sp³-hybridized carbons (Fsp3) is 0.154. The topological polar surface area (TPSA) is 49.2 Å². The smallest absolute Gasteiger partial charge is 0.163 e. The van der Waals surface area contributed by atoms with Gasteiger partial charge in [-0.05, 0) is 30.7 Å². The number of hydrogen-bond donors (Lipinski definition) is 0. The van der Waals surface area contributed by atoms with Crippen LogP contribution in [0.4, 0.5) is 0 Å². The van der Waals surface area contributed by atoms with Crippen LogP contribution in [0.15, 0.2) is 66.9 Å². The third-order valence-corrected chi connectivity index (χ3v) is 6.08. The number of benzene rings is 3. The molecule has 0 N–H and O–H groups in total. The highest BCUT2D eigenvalue weighted by Crippen LogP contribution is 2.42. The van der Waals surface area contributed by atoms with Crippen molar-refractivity contribution in [1.29, 1.82) is 0 Å². The molecule has 3 heterocycles. The highest BCUT2D eigenvalue weighted by atomic mass is 35.5. The monoisotopic (exact) mass is 441 g/mol. The second kappa shape index (κ2) is 7.53. The Morgan fingerprint density at radius 3 is 2.44 bits per heavy atom. The van der Waals surface area contributed by atoms with E-state index in [-0.39, 0.29) is 0 Å². The Labute approximate surface area is 190 Å². The van der Waals surface area contributed by atoms with Crippen LogP contribution in [0.1, 0.15) is 11.1 Å². The zero-order chi connectivity index (χ0) is 21.7. The van der Waals surface area contributed by atoms with E-state index in [1.165, 1.54) is 11.1 Å². The second-order valence-corrected chi connectivity index (χ2v) is 8.51. The summed E-state index contributed by atoms with van der Waals surface area (Å²) in [6, 6.07) is 20.3. The molecule has 0 saturated heterocycles. The average molecular weight is 442 g/mol. The summed E-state index contributed by atoms with van der Waals surface area (Å²) in [5.41, 5.74) is 7.16.